The maximum atomic E-state index is 12.3. The predicted octanol–water partition coefficient (Wildman–Crippen LogP) is 1.07. The van der Waals surface area contributed by atoms with Gasteiger partial charge >= 0.3 is 17.9 Å². The number of carbonyl (C=O) groups excluding carboxylic acids is 2. The molecular weight excluding hydrogens is 177 g/mol. The largest absolute Gasteiger partial charge is 0.389 e. The molecule has 0 bridgehead atoms. The van der Waals surface area contributed by atoms with Gasteiger partial charge in [-0.1, -0.05) is 0 Å². The zero-order valence-electron chi connectivity index (χ0n) is 6.44. The van der Waals surface area contributed by atoms with Crippen LogP contribution in [0.4, 0.5) is 13.2 Å². The molecule has 0 heterocycles. The number of carbonyl (C=O) groups is 2. The van der Waals surface area contributed by atoms with E-state index in [9.17, 15) is 22.8 Å². The summed E-state index contributed by atoms with van der Waals surface area (Å²) in [5, 5.41) is 0. The zero-order chi connectivity index (χ0) is 9.94. The standard InChI is InChI=1S/C6H7F3O3/c1-3(7)6(8,9)5(11)12-4(2)10/h3H,1-2H3. The molecule has 0 radical (unpaired) electrons. The molecule has 0 aliphatic heterocycles. The Labute approximate surface area is 66.5 Å². The summed E-state index contributed by atoms with van der Waals surface area (Å²) in [5.41, 5.74) is 0. The van der Waals surface area contributed by atoms with Crippen LogP contribution in [0.3, 0.4) is 0 Å². The minimum atomic E-state index is -4.26. The van der Waals surface area contributed by atoms with Gasteiger partial charge in [0.25, 0.3) is 0 Å². The van der Waals surface area contributed by atoms with Gasteiger partial charge in [0.1, 0.15) is 0 Å². The van der Waals surface area contributed by atoms with E-state index >= 15 is 0 Å². The van der Waals surface area contributed by atoms with Crippen LogP contribution in [0.5, 0.6) is 0 Å². The van der Waals surface area contributed by atoms with Crippen molar-refractivity contribution < 1.29 is 27.5 Å². The lowest BCUT2D eigenvalue weighted by Gasteiger charge is -2.13. The van der Waals surface area contributed by atoms with E-state index in [2.05, 4.69) is 4.74 Å². The topological polar surface area (TPSA) is 43.4 Å². The van der Waals surface area contributed by atoms with Crippen molar-refractivity contribution in [2.45, 2.75) is 25.9 Å². The lowest BCUT2D eigenvalue weighted by Crippen LogP contribution is -2.39. The maximum absolute atomic E-state index is 12.3. The van der Waals surface area contributed by atoms with Crippen molar-refractivity contribution in [3.63, 3.8) is 0 Å². The normalized spacial score (nSPS) is 13.8. The Morgan fingerprint density at radius 3 is 2.08 bits per heavy atom. The third kappa shape index (κ3) is 2.52. The summed E-state index contributed by atoms with van der Waals surface area (Å²) < 4.78 is 40.1. The van der Waals surface area contributed by atoms with E-state index in [0.717, 1.165) is 6.92 Å². The first kappa shape index (κ1) is 10.9. The van der Waals surface area contributed by atoms with Gasteiger partial charge in [-0.05, 0) is 6.92 Å². The smallest absolute Gasteiger partial charge is 0.387 e. The van der Waals surface area contributed by atoms with E-state index in [0.29, 0.717) is 6.92 Å². The lowest BCUT2D eigenvalue weighted by atomic mass is 10.2. The minimum absolute atomic E-state index is 0.501. The number of alkyl halides is 3. The Kier molecular flexibility index (Phi) is 3.24. The molecule has 6 heteroatoms. The van der Waals surface area contributed by atoms with Crippen LogP contribution >= 0.6 is 0 Å². The summed E-state index contributed by atoms with van der Waals surface area (Å²) >= 11 is 0. The third-order valence-corrected chi connectivity index (χ3v) is 1.01. The van der Waals surface area contributed by atoms with Gasteiger partial charge in [0.05, 0.1) is 0 Å². The highest BCUT2D eigenvalue weighted by molar-refractivity contribution is 5.88. The van der Waals surface area contributed by atoms with E-state index in [-0.39, 0.29) is 0 Å². The highest BCUT2D eigenvalue weighted by Crippen LogP contribution is 2.22. The molecule has 3 nitrogen and oxygen atoms in total. The van der Waals surface area contributed by atoms with Crippen molar-refractivity contribution in [1.29, 1.82) is 0 Å². The minimum Gasteiger partial charge on any atom is -0.389 e. The molecule has 0 spiro atoms. The molecule has 70 valence electrons. The Bertz CT molecular complexity index is 200. The van der Waals surface area contributed by atoms with Crippen LogP contribution in [-0.2, 0) is 14.3 Å². The summed E-state index contributed by atoms with van der Waals surface area (Å²) in [6.45, 7) is 1.28. The Morgan fingerprint density at radius 1 is 1.42 bits per heavy atom. The molecule has 0 amide bonds. The molecule has 0 rings (SSSR count). The summed E-state index contributed by atoms with van der Waals surface area (Å²) in [7, 11) is 0. The molecule has 0 aliphatic carbocycles. The molecule has 0 saturated carbocycles. The van der Waals surface area contributed by atoms with E-state index in [1.54, 1.807) is 0 Å². The Morgan fingerprint density at radius 2 is 1.83 bits per heavy atom. The van der Waals surface area contributed by atoms with E-state index in [4.69, 9.17) is 0 Å². The molecular formula is C6H7F3O3. The van der Waals surface area contributed by atoms with Gasteiger partial charge in [-0.25, -0.2) is 9.18 Å². The summed E-state index contributed by atoms with van der Waals surface area (Å²) in [5.74, 6) is -7.61. The summed E-state index contributed by atoms with van der Waals surface area (Å²) in [6.07, 6.45) is -2.68. The van der Waals surface area contributed by atoms with Crippen LogP contribution in [0.25, 0.3) is 0 Å². The average Bonchev–Trinajstić information content (AvgIpc) is 1.85. The molecule has 0 N–H and O–H groups in total. The molecule has 0 fully saturated rings. The third-order valence-electron chi connectivity index (χ3n) is 1.01. The van der Waals surface area contributed by atoms with Gasteiger partial charge in [0.2, 0.25) is 0 Å². The van der Waals surface area contributed by atoms with Crippen LogP contribution in [0, 0.1) is 0 Å². The quantitative estimate of drug-likeness (QED) is 0.476. The molecule has 0 saturated heterocycles. The van der Waals surface area contributed by atoms with Crippen molar-refractivity contribution in [1.82, 2.24) is 0 Å². The second-order valence-corrected chi connectivity index (χ2v) is 2.12. The molecule has 1 unspecified atom stereocenters. The Hall–Kier alpha value is -1.07. The van der Waals surface area contributed by atoms with Crippen LogP contribution in [0.1, 0.15) is 13.8 Å². The first-order valence-corrected chi connectivity index (χ1v) is 3.03. The van der Waals surface area contributed by atoms with Gasteiger partial charge in [0, 0.05) is 6.92 Å². The molecule has 0 aliphatic rings. The van der Waals surface area contributed by atoms with Crippen molar-refractivity contribution in [2.75, 3.05) is 0 Å². The van der Waals surface area contributed by atoms with Crippen molar-refractivity contribution in [3.8, 4) is 0 Å². The summed E-state index contributed by atoms with van der Waals surface area (Å²) in [4.78, 5) is 20.3. The van der Waals surface area contributed by atoms with Crippen LogP contribution < -0.4 is 0 Å². The van der Waals surface area contributed by atoms with E-state index in [1.165, 1.54) is 0 Å². The fourth-order valence-corrected chi connectivity index (χ4v) is 0.361. The Balaban J connectivity index is 4.36. The van der Waals surface area contributed by atoms with Crippen molar-refractivity contribution in [3.05, 3.63) is 0 Å². The van der Waals surface area contributed by atoms with Crippen LogP contribution in [0.2, 0.25) is 0 Å². The number of hydrogen-bond donors (Lipinski definition) is 0. The number of halogens is 3. The lowest BCUT2D eigenvalue weighted by molar-refractivity contribution is -0.184. The van der Waals surface area contributed by atoms with E-state index < -0.39 is 24.0 Å². The molecule has 1 atom stereocenters. The number of hydrogen-bond acceptors (Lipinski definition) is 3. The molecule has 12 heavy (non-hydrogen) atoms. The second-order valence-electron chi connectivity index (χ2n) is 2.12. The van der Waals surface area contributed by atoms with Crippen LogP contribution in [-0.4, -0.2) is 24.0 Å². The summed E-state index contributed by atoms with van der Waals surface area (Å²) in [6, 6.07) is 0. The maximum Gasteiger partial charge on any atom is 0.387 e. The SMILES string of the molecule is CC(=O)OC(=O)C(F)(F)C(C)F. The number of ether oxygens (including phenoxy) is 1. The molecule has 0 aromatic rings. The fraction of sp³-hybridized carbons (Fsp3) is 0.667. The first-order chi connectivity index (χ1) is 5.28. The zero-order valence-corrected chi connectivity index (χ0v) is 6.44. The monoisotopic (exact) mass is 184 g/mol. The number of rotatable bonds is 2. The van der Waals surface area contributed by atoms with Gasteiger partial charge < -0.3 is 4.74 Å². The molecule has 0 aromatic heterocycles. The van der Waals surface area contributed by atoms with E-state index in [1.807, 2.05) is 0 Å². The van der Waals surface area contributed by atoms with Gasteiger partial charge in [-0.15, -0.1) is 0 Å². The average molecular weight is 184 g/mol. The van der Waals surface area contributed by atoms with Crippen LogP contribution in [0.15, 0.2) is 0 Å². The molecule has 0 aromatic carbocycles. The first-order valence-electron chi connectivity index (χ1n) is 3.03. The predicted molar refractivity (Wildman–Crippen MR) is 32.3 cm³/mol. The fourth-order valence-electron chi connectivity index (χ4n) is 0.361. The second kappa shape index (κ2) is 3.55. The number of esters is 2. The highest BCUT2D eigenvalue weighted by atomic mass is 19.3. The highest BCUT2D eigenvalue weighted by Gasteiger charge is 2.47. The van der Waals surface area contributed by atoms with Crippen molar-refractivity contribution >= 4 is 11.9 Å². The van der Waals surface area contributed by atoms with Crippen molar-refractivity contribution in [2.24, 2.45) is 0 Å². The van der Waals surface area contributed by atoms with Gasteiger partial charge in [-0.3, -0.25) is 4.79 Å². The van der Waals surface area contributed by atoms with Gasteiger partial charge in [-0.2, -0.15) is 8.78 Å². The van der Waals surface area contributed by atoms with Gasteiger partial charge in [0.15, 0.2) is 6.17 Å².